The van der Waals surface area contributed by atoms with E-state index in [0.717, 1.165) is 0 Å². The standard InChI is InChI=1S/C17H10ClN3O7/c18-11-7-8(1-4-10(11)17(24)25)12-5-2-9(28-12)3-6-13-19-15(22)14(21(26)27)16(23)20-13/h1-7H,(H,24,25)(H2,19,20,22,23)/b6-3+. The average molecular weight is 404 g/mol. The number of halogens is 1. The quantitative estimate of drug-likeness (QED) is 0.432. The lowest BCUT2D eigenvalue weighted by molar-refractivity contribution is -0.387. The lowest BCUT2D eigenvalue weighted by atomic mass is 10.1. The van der Waals surface area contributed by atoms with Gasteiger partial charge >= 0.3 is 17.2 Å². The number of hydrogen-bond acceptors (Lipinski definition) is 7. The first-order valence-corrected chi connectivity index (χ1v) is 7.93. The van der Waals surface area contributed by atoms with Crippen molar-refractivity contribution in [1.82, 2.24) is 9.97 Å². The van der Waals surface area contributed by atoms with Gasteiger partial charge < -0.3 is 19.6 Å². The van der Waals surface area contributed by atoms with E-state index in [-0.39, 0.29) is 16.4 Å². The van der Waals surface area contributed by atoms with Gasteiger partial charge in [-0.1, -0.05) is 17.7 Å². The third kappa shape index (κ3) is 3.76. The van der Waals surface area contributed by atoms with Crippen LogP contribution >= 0.6 is 11.6 Å². The Hall–Kier alpha value is -3.92. The van der Waals surface area contributed by atoms with Gasteiger partial charge in [0.2, 0.25) is 0 Å². The minimum absolute atomic E-state index is 0.0369. The van der Waals surface area contributed by atoms with Crippen molar-refractivity contribution in [2.75, 3.05) is 0 Å². The summed E-state index contributed by atoms with van der Waals surface area (Å²) in [6.45, 7) is 0. The van der Waals surface area contributed by atoms with Gasteiger partial charge in [-0.2, -0.15) is 4.98 Å². The average Bonchev–Trinajstić information content (AvgIpc) is 3.07. The second kappa shape index (κ2) is 7.37. The van der Waals surface area contributed by atoms with Crippen molar-refractivity contribution in [3.63, 3.8) is 0 Å². The van der Waals surface area contributed by atoms with E-state index in [1.165, 1.54) is 30.4 Å². The summed E-state index contributed by atoms with van der Waals surface area (Å²) in [5.74, 6) is -1.51. The molecule has 3 aromatic rings. The van der Waals surface area contributed by atoms with Crippen LogP contribution in [-0.4, -0.2) is 31.1 Å². The zero-order chi connectivity index (χ0) is 20.4. The summed E-state index contributed by atoms with van der Waals surface area (Å²) in [5.41, 5.74) is -1.62. The summed E-state index contributed by atoms with van der Waals surface area (Å²) >= 11 is 5.94. The van der Waals surface area contributed by atoms with Crippen LogP contribution in [-0.2, 0) is 0 Å². The molecule has 3 N–H and O–H groups in total. The minimum atomic E-state index is -1.15. The Morgan fingerprint density at radius 1 is 1.29 bits per heavy atom. The number of benzene rings is 1. The molecule has 0 aliphatic rings. The molecule has 28 heavy (non-hydrogen) atoms. The monoisotopic (exact) mass is 403 g/mol. The Kier molecular flexibility index (Phi) is 4.96. The first-order valence-electron chi connectivity index (χ1n) is 7.55. The summed E-state index contributed by atoms with van der Waals surface area (Å²) in [5, 5.41) is 29.2. The number of aromatic carboxylic acids is 1. The van der Waals surface area contributed by atoms with Crippen LogP contribution in [0.5, 0.6) is 5.88 Å². The Balaban J connectivity index is 1.85. The molecule has 1 aromatic carbocycles. The van der Waals surface area contributed by atoms with Crippen molar-refractivity contribution in [2.24, 2.45) is 0 Å². The summed E-state index contributed by atoms with van der Waals surface area (Å²) in [7, 11) is 0. The smallest absolute Gasteiger partial charge is 0.395 e. The molecule has 0 fully saturated rings. The maximum atomic E-state index is 11.6. The van der Waals surface area contributed by atoms with Crippen LogP contribution in [0.2, 0.25) is 5.02 Å². The predicted octanol–water partition coefficient (Wildman–Crippen LogP) is 3.17. The maximum Gasteiger partial charge on any atom is 0.395 e. The molecule has 0 bridgehead atoms. The molecule has 0 spiro atoms. The maximum absolute atomic E-state index is 11.6. The molecular weight excluding hydrogens is 394 g/mol. The van der Waals surface area contributed by atoms with Crippen LogP contribution in [0, 0.1) is 10.1 Å². The number of carboxylic acids is 1. The van der Waals surface area contributed by atoms with E-state index in [1.54, 1.807) is 12.1 Å². The normalized spacial score (nSPS) is 11.0. The third-order valence-electron chi connectivity index (χ3n) is 3.59. The Labute approximate surface area is 160 Å². The van der Waals surface area contributed by atoms with Crippen LogP contribution in [0.1, 0.15) is 21.9 Å². The number of rotatable bonds is 5. The highest BCUT2D eigenvalue weighted by atomic mass is 35.5. The molecule has 2 heterocycles. The lowest BCUT2D eigenvalue weighted by Gasteiger charge is -2.01. The van der Waals surface area contributed by atoms with Gasteiger partial charge in [-0.3, -0.25) is 14.9 Å². The van der Waals surface area contributed by atoms with E-state index in [9.17, 15) is 24.8 Å². The fourth-order valence-corrected chi connectivity index (χ4v) is 2.58. The molecule has 3 rings (SSSR count). The van der Waals surface area contributed by atoms with Crippen LogP contribution in [0.15, 0.2) is 39.5 Å². The molecule has 0 unspecified atom stereocenters. The number of H-pyrrole nitrogens is 1. The van der Waals surface area contributed by atoms with Crippen molar-refractivity contribution in [1.29, 1.82) is 0 Å². The first-order chi connectivity index (χ1) is 13.3. The molecule has 0 saturated carbocycles. The number of nitro groups is 1. The van der Waals surface area contributed by atoms with Gasteiger partial charge in [0.15, 0.2) is 0 Å². The molecule has 0 aliphatic heterocycles. The van der Waals surface area contributed by atoms with Gasteiger partial charge in [-0.15, -0.1) is 0 Å². The van der Waals surface area contributed by atoms with E-state index in [4.69, 9.17) is 21.1 Å². The number of nitrogens with zero attached hydrogens (tertiary/aromatic N) is 2. The largest absolute Gasteiger partial charge is 0.488 e. The van der Waals surface area contributed by atoms with Gasteiger partial charge in [-0.25, -0.2) is 4.79 Å². The topological polar surface area (TPSA) is 160 Å². The van der Waals surface area contributed by atoms with Crippen molar-refractivity contribution in [2.45, 2.75) is 0 Å². The van der Waals surface area contributed by atoms with E-state index < -0.39 is 28.0 Å². The highest BCUT2D eigenvalue weighted by Gasteiger charge is 2.21. The first kappa shape index (κ1) is 18.9. The van der Waals surface area contributed by atoms with E-state index >= 15 is 0 Å². The molecule has 0 amide bonds. The molecule has 0 saturated heterocycles. The molecule has 0 atom stereocenters. The summed E-state index contributed by atoms with van der Waals surface area (Å²) in [6, 6.07) is 7.55. The fourth-order valence-electron chi connectivity index (χ4n) is 2.32. The summed E-state index contributed by atoms with van der Waals surface area (Å²) in [4.78, 5) is 37.9. The number of aromatic nitrogens is 2. The molecule has 11 heteroatoms. The molecule has 2 aromatic heterocycles. The van der Waals surface area contributed by atoms with Gasteiger partial charge in [0.1, 0.15) is 17.3 Å². The van der Waals surface area contributed by atoms with Crippen LogP contribution < -0.4 is 5.56 Å². The number of carbonyl (C=O) groups is 1. The van der Waals surface area contributed by atoms with Crippen molar-refractivity contribution in [3.8, 4) is 17.2 Å². The second-order valence-electron chi connectivity index (χ2n) is 5.42. The molecule has 0 radical (unpaired) electrons. The van der Waals surface area contributed by atoms with Crippen LogP contribution in [0.3, 0.4) is 0 Å². The van der Waals surface area contributed by atoms with Crippen LogP contribution in [0.25, 0.3) is 23.5 Å². The van der Waals surface area contributed by atoms with Gasteiger partial charge in [0, 0.05) is 5.56 Å². The fraction of sp³-hybridized carbons (Fsp3) is 0. The predicted molar refractivity (Wildman–Crippen MR) is 98.2 cm³/mol. The van der Waals surface area contributed by atoms with Gasteiger partial charge in [0.25, 0.3) is 5.88 Å². The molecule has 10 nitrogen and oxygen atoms in total. The third-order valence-corrected chi connectivity index (χ3v) is 3.91. The Morgan fingerprint density at radius 3 is 2.64 bits per heavy atom. The number of aromatic hydroxyl groups is 1. The van der Waals surface area contributed by atoms with Crippen molar-refractivity contribution >= 4 is 35.4 Å². The second-order valence-corrected chi connectivity index (χ2v) is 5.82. The highest BCUT2D eigenvalue weighted by molar-refractivity contribution is 6.33. The van der Waals surface area contributed by atoms with E-state index in [0.29, 0.717) is 17.1 Å². The van der Waals surface area contributed by atoms with Crippen molar-refractivity contribution in [3.05, 3.63) is 73.0 Å². The minimum Gasteiger partial charge on any atom is -0.488 e. The number of nitrogens with one attached hydrogen (secondary N) is 1. The highest BCUT2D eigenvalue weighted by Crippen LogP contribution is 2.28. The number of carboxylic acid groups (broad SMARTS) is 1. The summed E-state index contributed by atoms with van der Waals surface area (Å²) in [6.07, 6.45) is 2.70. The Morgan fingerprint density at radius 2 is 2.04 bits per heavy atom. The van der Waals surface area contributed by atoms with Gasteiger partial charge in [-0.05, 0) is 36.4 Å². The zero-order valence-electron chi connectivity index (χ0n) is 13.7. The van der Waals surface area contributed by atoms with Gasteiger partial charge in [0.05, 0.1) is 15.5 Å². The summed E-state index contributed by atoms with van der Waals surface area (Å²) < 4.78 is 5.59. The lowest BCUT2D eigenvalue weighted by Crippen LogP contribution is -2.14. The SMILES string of the molecule is O=C(O)c1ccc(-c2ccc(/C=C/c3nc(O)c([N+](=O)[O-])c(=O)[nH]3)o2)cc1Cl. The number of hydrogen-bond donors (Lipinski definition) is 3. The molecule has 0 aliphatic carbocycles. The van der Waals surface area contributed by atoms with Crippen molar-refractivity contribution < 1.29 is 24.3 Å². The van der Waals surface area contributed by atoms with E-state index in [1.807, 2.05) is 0 Å². The number of furan rings is 1. The molecule has 142 valence electrons. The zero-order valence-corrected chi connectivity index (χ0v) is 14.5. The molecular formula is C17H10ClN3O7. The number of aromatic amines is 1. The van der Waals surface area contributed by atoms with E-state index in [2.05, 4.69) is 9.97 Å². The Bertz CT molecular complexity index is 1180. The van der Waals surface area contributed by atoms with Crippen LogP contribution in [0.4, 0.5) is 5.69 Å².